The first kappa shape index (κ1) is 17.7. The SMILES string of the molecule is C=C(C)C=CC=C(C)C1CCC2(C)C(Br)CCC(=C)C2(O)C1. The van der Waals surface area contributed by atoms with Crippen LogP contribution in [0.2, 0.25) is 0 Å². The molecule has 0 aliphatic heterocycles. The zero-order chi connectivity index (χ0) is 16.5. The second-order valence-corrected chi connectivity index (χ2v) is 8.55. The van der Waals surface area contributed by atoms with Gasteiger partial charge in [0.05, 0.1) is 5.60 Å². The second kappa shape index (κ2) is 6.49. The average Bonchev–Trinajstić information content (AvgIpc) is 2.45. The van der Waals surface area contributed by atoms with Crippen LogP contribution in [0, 0.1) is 11.3 Å². The summed E-state index contributed by atoms with van der Waals surface area (Å²) in [5, 5.41) is 11.4. The van der Waals surface area contributed by atoms with E-state index in [1.807, 2.05) is 13.0 Å². The molecule has 0 spiro atoms. The Hall–Kier alpha value is -0.600. The highest BCUT2D eigenvalue weighted by atomic mass is 79.9. The smallest absolute Gasteiger partial charge is 0.0923 e. The topological polar surface area (TPSA) is 20.2 Å². The molecule has 0 bridgehead atoms. The summed E-state index contributed by atoms with van der Waals surface area (Å²) in [6, 6.07) is 0. The number of aliphatic hydroxyl groups is 1. The maximum Gasteiger partial charge on any atom is 0.0923 e. The molecule has 2 aliphatic carbocycles. The number of hydrogen-bond donors (Lipinski definition) is 1. The molecule has 2 saturated carbocycles. The predicted octanol–water partition coefficient (Wildman–Crippen LogP) is 5.72. The molecule has 0 aromatic heterocycles. The third-order valence-electron chi connectivity index (χ3n) is 5.86. The van der Waals surface area contributed by atoms with E-state index < -0.39 is 5.60 Å². The number of allylic oxidation sites excluding steroid dienone is 5. The van der Waals surface area contributed by atoms with Gasteiger partial charge in [0.2, 0.25) is 0 Å². The third-order valence-corrected chi connectivity index (χ3v) is 7.33. The first-order valence-electron chi connectivity index (χ1n) is 8.26. The Balaban J connectivity index is 2.21. The molecule has 1 N–H and O–H groups in total. The van der Waals surface area contributed by atoms with Crippen LogP contribution in [0.5, 0.6) is 0 Å². The van der Waals surface area contributed by atoms with E-state index in [1.165, 1.54) is 5.57 Å². The Kier molecular flexibility index (Phi) is 5.23. The van der Waals surface area contributed by atoms with Crippen LogP contribution < -0.4 is 0 Å². The second-order valence-electron chi connectivity index (χ2n) is 7.44. The molecule has 2 rings (SSSR count). The largest absolute Gasteiger partial charge is 0.385 e. The van der Waals surface area contributed by atoms with Crippen molar-refractivity contribution in [3.05, 3.63) is 48.1 Å². The zero-order valence-corrected chi connectivity index (χ0v) is 15.7. The molecule has 0 heterocycles. The van der Waals surface area contributed by atoms with Gasteiger partial charge in [-0.15, -0.1) is 0 Å². The van der Waals surface area contributed by atoms with Crippen molar-refractivity contribution in [1.82, 2.24) is 0 Å². The number of halogens is 1. The van der Waals surface area contributed by atoms with Crippen molar-refractivity contribution in [2.24, 2.45) is 11.3 Å². The van der Waals surface area contributed by atoms with Crippen LogP contribution >= 0.6 is 15.9 Å². The van der Waals surface area contributed by atoms with E-state index in [0.717, 1.165) is 43.3 Å². The Morgan fingerprint density at radius 3 is 2.68 bits per heavy atom. The van der Waals surface area contributed by atoms with Gasteiger partial charge in [0, 0.05) is 10.2 Å². The summed E-state index contributed by atoms with van der Waals surface area (Å²) in [7, 11) is 0. The molecule has 1 nitrogen and oxygen atoms in total. The number of hydrogen-bond acceptors (Lipinski definition) is 1. The first-order valence-corrected chi connectivity index (χ1v) is 9.17. The minimum atomic E-state index is -0.741. The fraction of sp³-hybridized carbons (Fsp3) is 0.600. The maximum atomic E-state index is 11.4. The molecular weight excluding hydrogens is 336 g/mol. The van der Waals surface area contributed by atoms with Gasteiger partial charge in [-0.1, -0.05) is 65.4 Å². The Bertz CT molecular complexity index is 530. The van der Waals surface area contributed by atoms with E-state index in [2.05, 4.69) is 55.1 Å². The van der Waals surface area contributed by atoms with Gasteiger partial charge in [0.25, 0.3) is 0 Å². The van der Waals surface area contributed by atoms with E-state index >= 15 is 0 Å². The number of fused-ring (bicyclic) bond motifs is 1. The van der Waals surface area contributed by atoms with E-state index in [4.69, 9.17) is 0 Å². The normalized spacial score (nSPS) is 39.9. The maximum absolute atomic E-state index is 11.4. The minimum absolute atomic E-state index is 0.0906. The molecule has 0 saturated heterocycles. The first-order chi connectivity index (χ1) is 10.2. The van der Waals surface area contributed by atoms with Gasteiger partial charge in [-0.25, -0.2) is 0 Å². The summed E-state index contributed by atoms with van der Waals surface area (Å²) in [6.07, 6.45) is 11.2. The molecule has 4 atom stereocenters. The van der Waals surface area contributed by atoms with E-state index in [-0.39, 0.29) is 5.41 Å². The summed E-state index contributed by atoms with van der Waals surface area (Å²) in [4.78, 5) is 0.379. The predicted molar refractivity (Wildman–Crippen MR) is 99.2 cm³/mol. The van der Waals surface area contributed by atoms with Crippen molar-refractivity contribution >= 4 is 15.9 Å². The molecule has 22 heavy (non-hydrogen) atoms. The fourth-order valence-electron chi connectivity index (χ4n) is 4.05. The van der Waals surface area contributed by atoms with Gasteiger partial charge in [-0.3, -0.25) is 0 Å². The van der Waals surface area contributed by atoms with Crippen molar-refractivity contribution < 1.29 is 5.11 Å². The van der Waals surface area contributed by atoms with Crippen molar-refractivity contribution in [3.8, 4) is 0 Å². The van der Waals surface area contributed by atoms with Gasteiger partial charge >= 0.3 is 0 Å². The molecule has 4 unspecified atom stereocenters. The summed E-state index contributed by atoms with van der Waals surface area (Å²) >= 11 is 3.83. The molecule has 0 aromatic rings. The summed E-state index contributed by atoms with van der Waals surface area (Å²) in [5.41, 5.74) is 2.60. The Labute approximate surface area is 144 Å². The molecule has 2 heteroatoms. The lowest BCUT2D eigenvalue weighted by Gasteiger charge is -2.57. The van der Waals surface area contributed by atoms with Gasteiger partial charge in [-0.2, -0.15) is 0 Å². The molecular formula is C20H29BrO. The van der Waals surface area contributed by atoms with Crippen LogP contribution in [-0.4, -0.2) is 15.5 Å². The fourth-order valence-corrected chi connectivity index (χ4v) is 4.89. The summed E-state index contributed by atoms with van der Waals surface area (Å²) in [6.45, 7) is 14.5. The molecule has 0 aromatic carbocycles. The highest BCUT2D eigenvalue weighted by Gasteiger charge is 2.57. The van der Waals surface area contributed by atoms with Crippen molar-refractivity contribution in [2.45, 2.75) is 63.3 Å². The highest BCUT2D eigenvalue weighted by molar-refractivity contribution is 9.09. The van der Waals surface area contributed by atoms with Crippen LogP contribution in [0.4, 0.5) is 0 Å². The van der Waals surface area contributed by atoms with Crippen molar-refractivity contribution in [2.75, 3.05) is 0 Å². The van der Waals surface area contributed by atoms with Crippen LogP contribution in [-0.2, 0) is 0 Å². The quantitative estimate of drug-likeness (QED) is 0.385. The lowest BCUT2D eigenvalue weighted by Crippen LogP contribution is -2.58. The van der Waals surface area contributed by atoms with Gasteiger partial charge in [0.1, 0.15) is 0 Å². The van der Waals surface area contributed by atoms with Crippen molar-refractivity contribution in [3.63, 3.8) is 0 Å². The van der Waals surface area contributed by atoms with Gasteiger partial charge < -0.3 is 5.11 Å². The highest BCUT2D eigenvalue weighted by Crippen LogP contribution is 2.58. The molecule has 2 aliphatic rings. The lowest BCUT2D eigenvalue weighted by molar-refractivity contribution is -0.101. The molecule has 122 valence electrons. The molecule has 2 fully saturated rings. The van der Waals surface area contributed by atoms with E-state index in [0.29, 0.717) is 10.7 Å². The summed E-state index contributed by atoms with van der Waals surface area (Å²) < 4.78 is 0. The van der Waals surface area contributed by atoms with Crippen LogP contribution in [0.15, 0.2) is 48.1 Å². The number of alkyl halides is 1. The minimum Gasteiger partial charge on any atom is -0.385 e. The lowest BCUT2D eigenvalue weighted by atomic mass is 9.53. The monoisotopic (exact) mass is 364 g/mol. The Morgan fingerprint density at radius 2 is 2.05 bits per heavy atom. The molecule has 0 radical (unpaired) electrons. The third kappa shape index (κ3) is 3.05. The standard InChI is InChI=1S/C20H29BrO/c1-14(2)7-6-8-15(3)17-11-12-19(5)18(21)10-9-16(4)20(19,22)13-17/h6-8,17-18,22H,1,4,9-13H2,2-3,5H3. The van der Waals surface area contributed by atoms with Crippen LogP contribution in [0.25, 0.3) is 0 Å². The van der Waals surface area contributed by atoms with E-state index in [9.17, 15) is 5.11 Å². The van der Waals surface area contributed by atoms with Gasteiger partial charge in [0.15, 0.2) is 0 Å². The summed E-state index contributed by atoms with van der Waals surface area (Å²) in [5.74, 6) is 0.433. The molecule has 0 amide bonds. The van der Waals surface area contributed by atoms with E-state index in [1.54, 1.807) is 0 Å². The number of rotatable bonds is 3. The van der Waals surface area contributed by atoms with Crippen LogP contribution in [0.1, 0.15) is 52.9 Å². The van der Waals surface area contributed by atoms with Gasteiger partial charge in [-0.05, 0) is 57.4 Å². The Morgan fingerprint density at radius 1 is 1.36 bits per heavy atom. The zero-order valence-electron chi connectivity index (χ0n) is 14.2. The van der Waals surface area contributed by atoms with Crippen molar-refractivity contribution in [1.29, 1.82) is 0 Å². The average molecular weight is 365 g/mol. The van der Waals surface area contributed by atoms with Crippen LogP contribution in [0.3, 0.4) is 0 Å².